The van der Waals surface area contributed by atoms with Gasteiger partial charge in [-0.15, -0.1) is 0 Å². The summed E-state index contributed by atoms with van der Waals surface area (Å²) in [6, 6.07) is 78.7. The van der Waals surface area contributed by atoms with Crippen LogP contribution in [0, 0.1) is 0 Å². The van der Waals surface area contributed by atoms with Gasteiger partial charge in [-0.25, -0.2) is 15.0 Å². The molecule has 0 atom stereocenters. The molecular formula is C62H42N4. The van der Waals surface area contributed by atoms with Crippen molar-refractivity contribution in [3.05, 3.63) is 230 Å². The van der Waals surface area contributed by atoms with Crippen LogP contribution in [0.3, 0.4) is 0 Å². The fraction of sp³-hybridized carbons (Fsp3) is 0.0484. The molecule has 2 heterocycles. The highest BCUT2D eigenvalue weighted by molar-refractivity contribution is 6.10. The van der Waals surface area contributed by atoms with Crippen molar-refractivity contribution >= 4 is 43.4 Å². The van der Waals surface area contributed by atoms with E-state index in [9.17, 15) is 0 Å². The molecule has 1 aliphatic rings. The van der Waals surface area contributed by atoms with Crippen molar-refractivity contribution in [2.24, 2.45) is 0 Å². The molecule has 310 valence electrons. The Bertz CT molecular complexity index is 3820. The lowest BCUT2D eigenvalue weighted by Gasteiger charge is -2.22. The monoisotopic (exact) mass is 842 g/mol. The Morgan fingerprint density at radius 3 is 1.45 bits per heavy atom. The van der Waals surface area contributed by atoms with Gasteiger partial charge in [-0.3, -0.25) is 0 Å². The Morgan fingerprint density at radius 1 is 0.318 bits per heavy atom. The molecule has 0 saturated heterocycles. The Balaban J connectivity index is 0.919. The van der Waals surface area contributed by atoms with Crippen LogP contribution in [0.5, 0.6) is 0 Å². The summed E-state index contributed by atoms with van der Waals surface area (Å²) < 4.78 is 2.39. The predicted molar refractivity (Wildman–Crippen MR) is 274 cm³/mol. The third-order valence-corrected chi connectivity index (χ3v) is 13.8. The lowest BCUT2D eigenvalue weighted by atomic mass is 9.81. The van der Waals surface area contributed by atoms with E-state index in [4.69, 9.17) is 15.0 Å². The van der Waals surface area contributed by atoms with Crippen molar-refractivity contribution in [1.82, 2.24) is 19.5 Å². The molecule has 0 radical (unpaired) electrons. The van der Waals surface area contributed by atoms with Gasteiger partial charge >= 0.3 is 0 Å². The number of hydrogen-bond acceptors (Lipinski definition) is 3. The van der Waals surface area contributed by atoms with Gasteiger partial charge in [0.05, 0.1) is 11.0 Å². The van der Waals surface area contributed by atoms with Crippen LogP contribution in [0.15, 0.2) is 218 Å². The van der Waals surface area contributed by atoms with Gasteiger partial charge in [0.25, 0.3) is 0 Å². The molecule has 1 aliphatic carbocycles. The van der Waals surface area contributed by atoms with E-state index >= 15 is 0 Å². The van der Waals surface area contributed by atoms with Crippen molar-refractivity contribution in [2.45, 2.75) is 19.3 Å². The predicted octanol–water partition coefficient (Wildman–Crippen LogP) is 15.9. The summed E-state index contributed by atoms with van der Waals surface area (Å²) in [6.07, 6.45) is 0. The zero-order valence-corrected chi connectivity index (χ0v) is 36.6. The minimum absolute atomic E-state index is 0.0746. The van der Waals surface area contributed by atoms with E-state index in [0.717, 1.165) is 44.2 Å². The molecule has 0 spiro atoms. The number of benzene rings is 10. The van der Waals surface area contributed by atoms with Gasteiger partial charge in [-0.05, 0) is 121 Å². The van der Waals surface area contributed by atoms with Gasteiger partial charge in [-0.2, -0.15) is 0 Å². The van der Waals surface area contributed by atoms with Gasteiger partial charge in [0, 0.05) is 38.6 Å². The average molecular weight is 843 g/mol. The first-order valence-corrected chi connectivity index (χ1v) is 22.7. The summed E-state index contributed by atoms with van der Waals surface area (Å²) in [5.41, 5.74) is 16.4. The largest absolute Gasteiger partial charge is 0.309 e. The highest BCUT2D eigenvalue weighted by atomic mass is 15.0. The number of hydrogen-bond donors (Lipinski definition) is 0. The van der Waals surface area contributed by atoms with Gasteiger partial charge in [-0.1, -0.05) is 178 Å². The van der Waals surface area contributed by atoms with E-state index in [1.54, 1.807) is 0 Å². The number of aromatic nitrogens is 4. The lowest BCUT2D eigenvalue weighted by molar-refractivity contribution is 0.660. The van der Waals surface area contributed by atoms with Gasteiger partial charge in [0.15, 0.2) is 17.5 Å². The molecule has 10 aromatic carbocycles. The zero-order chi connectivity index (χ0) is 43.9. The summed E-state index contributed by atoms with van der Waals surface area (Å²) in [5, 5.41) is 7.07. The highest BCUT2D eigenvalue weighted by Crippen LogP contribution is 2.50. The summed E-state index contributed by atoms with van der Waals surface area (Å²) in [4.78, 5) is 15.4. The minimum Gasteiger partial charge on any atom is -0.309 e. The fourth-order valence-corrected chi connectivity index (χ4v) is 10.5. The van der Waals surface area contributed by atoms with Crippen molar-refractivity contribution in [3.63, 3.8) is 0 Å². The molecular weight excluding hydrogens is 801 g/mol. The maximum absolute atomic E-state index is 5.15. The Hall–Kier alpha value is -8.47. The summed E-state index contributed by atoms with van der Waals surface area (Å²) in [7, 11) is 0. The van der Waals surface area contributed by atoms with Crippen LogP contribution >= 0.6 is 0 Å². The van der Waals surface area contributed by atoms with Crippen molar-refractivity contribution < 1.29 is 0 Å². The molecule has 4 nitrogen and oxygen atoms in total. The number of nitrogens with zero attached hydrogens (tertiary/aromatic N) is 4. The normalized spacial score (nSPS) is 12.8. The van der Waals surface area contributed by atoms with E-state index in [0.29, 0.717) is 17.5 Å². The molecule has 0 saturated carbocycles. The van der Waals surface area contributed by atoms with Crippen LogP contribution in [0.1, 0.15) is 25.0 Å². The molecule has 2 aromatic heterocycles. The molecule has 0 bridgehead atoms. The summed E-state index contributed by atoms with van der Waals surface area (Å²) in [5.74, 6) is 1.91. The van der Waals surface area contributed by atoms with Crippen LogP contribution < -0.4 is 0 Å². The van der Waals surface area contributed by atoms with E-state index in [2.05, 4.69) is 237 Å². The van der Waals surface area contributed by atoms with Crippen molar-refractivity contribution in [2.75, 3.05) is 0 Å². The molecule has 0 fully saturated rings. The first-order valence-electron chi connectivity index (χ1n) is 22.7. The minimum atomic E-state index is -0.0746. The second-order valence-electron chi connectivity index (χ2n) is 18.0. The quantitative estimate of drug-likeness (QED) is 0.167. The smallest absolute Gasteiger partial charge is 0.164 e. The van der Waals surface area contributed by atoms with Gasteiger partial charge in [0.1, 0.15) is 0 Å². The number of fused-ring (bicyclic) bond motifs is 8. The zero-order valence-electron chi connectivity index (χ0n) is 36.6. The average Bonchev–Trinajstić information content (AvgIpc) is 3.83. The second kappa shape index (κ2) is 14.8. The Morgan fingerprint density at radius 2 is 0.788 bits per heavy atom. The van der Waals surface area contributed by atoms with Crippen molar-refractivity contribution in [1.29, 1.82) is 0 Å². The molecule has 13 rings (SSSR count). The second-order valence-corrected chi connectivity index (χ2v) is 18.0. The summed E-state index contributed by atoms with van der Waals surface area (Å²) >= 11 is 0. The van der Waals surface area contributed by atoms with Crippen LogP contribution in [-0.4, -0.2) is 19.5 Å². The highest BCUT2D eigenvalue weighted by Gasteiger charge is 2.35. The fourth-order valence-electron chi connectivity index (χ4n) is 10.5. The third-order valence-electron chi connectivity index (χ3n) is 13.8. The van der Waals surface area contributed by atoms with Crippen LogP contribution in [0.4, 0.5) is 0 Å². The molecule has 4 heteroatoms. The molecule has 0 amide bonds. The number of para-hydroxylation sites is 1. The first-order chi connectivity index (χ1) is 32.4. The van der Waals surface area contributed by atoms with E-state index in [1.807, 2.05) is 0 Å². The molecule has 0 unspecified atom stereocenters. The summed E-state index contributed by atoms with van der Waals surface area (Å²) in [6.45, 7) is 4.70. The standard InChI is InChI=1S/C62H42N4/c1-62(2)55-21-11-9-19-51(55)52-33-29-44(37-56(52)62)49-17-7-8-18-50(49)45-30-34-54-53-20-10-12-22-57(53)66(58(54)38-45)48-31-27-41(28-32-48)59-63-60(46-25-23-39-13-3-5-15-42(39)35-46)65-61(64-59)47-26-24-40-14-4-6-16-43(40)36-47/h3-38H,1-2H3. The van der Waals surface area contributed by atoms with Crippen LogP contribution in [0.25, 0.3) is 117 Å². The van der Waals surface area contributed by atoms with Crippen LogP contribution in [-0.2, 0) is 5.41 Å². The van der Waals surface area contributed by atoms with Crippen molar-refractivity contribution in [3.8, 4) is 73.2 Å². The maximum atomic E-state index is 5.15. The van der Waals surface area contributed by atoms with Gasteiger partial charge < -0.3 is 4.57 Å². The Labute approximate surface area is 383 Å². The van der Waals surface area contributed by atoms with E-state index in [1.165, 1.54) is 66.1 Å². The maximum Gasteiger partial charge on any atom is 0.164 e. The molecule has 12 aromatic rings. The molecule has 66 heavy (non-hydrogen) atoms. The molecule has 0 N–H and O–H groups in total. The SMILES string of the molecule is CC1(C)c2ccccc2-c2ccc(-c3ccccc3-c3ccc4c5ccccc5n(-c5ccc(-c6nc(-c7ccc8ccccc8c7)nc(-c7ccc8ccccc8c7)n6)cc5)c4c3)cc21. The first kappa shape index (κ1) is 38.0. The topological polar surface area (TPSA) is 43.6 Å². The Kier molecular flexibility index (Phi) is 8.53. The molecule has 0 aliphatic heterocycles. The lowest BCUT2D eigenvalue weighted by Crippen LogP contribution is -2.14. The van der Waals surface area contributed by atoms with E-state index in [-0.39, 0.29) is 5.41 Å². The van der Waals surface area contributed by atoms with Crippen LogP contribution in [0.2, 0.25) is 0 Å². The third kappa shape index (κ3) is 6.10. The van der Waals surface area contributed by atoms with E-state index < -0.39 is 0 Å². The van der Waals surface area contributed by atoms with Gasteiger partial charge in [0.2, 0.25) is 0 Å². The number of rotatable bonds is 6.